The van der Waals surface area contributed by atoms with Gasteiger partial charge in [0.2, 0.25) is 0 Å². The fraction of sp³-hybridized carbons (Fsp3) is 0. The van der Waals surface area contributed by atoms with Crippen molar-refractivity contribution in [2.45, 2.75) is 0 Å². The van der Waals surface area contributed by atoms with Crippen LogP contribution in [0.3, 0.4) is 0 Å². The van der Waals surface area contributed by atoms with Crippen LogP contribution in [0.1, 0.15) is 0 Å². The molecule has 0 saturated carbocycles. The Morgan fingerprint density at radius 2 is 0.875 bits per heavy atom. The van der Waals surface area contributed by atoms with E-state index in [4.69, 9.17) is 5.11 Å². The Hall–Kier alpha value is -0.0588. The second-order valence-electron chi connectivity index (χ2n) is 2.96. The Bertz CT molecular complexity index is 356. The monoisotopic (exact) mass is 413 g/mol. The maximum absolute atomic E-state index is 12.0. The van der Waals surface area contributed by atoms with E-state index in [2.05, 4.69) is 0 Å². The molecule has 1 aromatic carbocycles. The van der Waals surface area contributed by atoms with Crippen LogP contribution < -0.4 is 0 Å². The van der Waals surface area contributed by atoms with Gasteiger partial charge in [-0.2, -0.15) is 0 Å². The molecule has 18 heteroatoms. The molecule has 0 atom stereocenters. The van der Waals surface area contributed by atoms with Crippen molar-refractivity contribution in [3.05, 3.63) is 30.1 Å². The number of hydrogen-bond acceptors (Lipinski definition) is 1. The molecule has 1 rings (SSSR count). The summed E-state index contributed by atoms with van der Waals surface area (Å²) in [5, 5.41) is 8.57. The third-order valence-electron chi connectivity index (χ3n) is 0.808. The molecule has 0 heterocycles. The van der Waals surface area contributed by atoms with Gasteiger partial charge in [0.05, 0.1) is 0 Å². The van der Waals surface area contributed by atoms with Gasteiger partial charge in [-0.1, -0.05) is 6.07 Å². The first-order valence-electron chi connectivity index (χ1n) is 4.85. The molecule has 1 N–H and O–H groups in total. The van der Waals surface area contributed by atoms with Crippen LogP contribution in [0.4, 0.5) is 56.2 Å². The average Bonchev–Trinajstić information content (AvgIpc) is 2.07. The molecule has 140 valence electrons. The van der Waals surface area contributed by atoms with Gasteiger partial charge in [0, 0.05) is 6.07 Å². The van der Waals surface area contributed by atoms with Gasteiger partial charge in [-0.15, -0.1) is 0 Å². The first kappa shape index (κ1) is 31.7. The summed E-state index contributed by atoms with van der Waals surface area (Å²) in [5.74, 6) is -0.449. The molecule has 0 aliphatic rings. The zero-order valence-electron chi connectivity index (χ0n) is 10.4. The number of hydrogen-bond donors (Lipinski definition) is 1. The van der Waals surface area contributed by atoms with E-state index in [1.54, 1.807) is 0 Å². The summed E-state index contributed by atoms with van der Waals surface area (Å²) in [4.78, 5) is 0. The summed E-state index contributed by atoms with van der Waals surface area (Å²) in [6.45, 7) is 0. The van der Waals surface area contributed by atoms with Gasteiger partial charge in [0.15, 0.2) is 0 Å². The van der Waals surface area contributed by atoms with Crippen LogP contribution in [0.15, 0.2) is 24.3 Å². The zero-order chi connectivity index (χ0) is 19.5. The first-order chi connectivity index (χ1) is 9.79. The number of benzene rings is 1. The summed E-state index contributed by atoms with van der Waals surface area (Å²) in [5.41, 5.74) is 0. The van der Waals surface area contributed by atoms with E-state index in [-0.39, 0.29) is 57.1 Å². The molecule has 0 unspecified atom stereocenters. The molecule has 1 aromatic rings. The predicted octanol–water partition coefficient (Wildman–Crippen LogP) is 4.78. The minimum absolute atomic E-state index is 0. The van der Waals surface area contributed by atoms with Crippen molar-refractivity contribution in [3.63, 3.8) is 0 Å². The van der Waals surface area contributed by atoms with Crippen molar-refractivity contribution in [2.75, 3.05) is 0 Å². The molecule has 0 bridgehead atoms. The van der Waals surface area contributed by atoms with E-state index < -0.39 is 27.6 Å². The molecule has 0 saturated heterocycles. The fourth-order valence-electron chi connectivity index (χ4n) is 0.476. The summed E-state index contributed by atoms with van der Waals surface area (Å²) in [6, 6.07) is 5.20. The van der Waals surface area contributed by atoms with Gasteiger partial charge in [-0.25, -0.2) is 4.39 Å². The number of phenolic OH excluding ortho intramolecular Hbond substituents is 1. The summed E-state index contributed by atoms with van der Waals surface area (Å²) >= 11 is 0. The van der Waals surface area contributed by atoms with E-state index in [1.165, 1.54) is 18.2 Å². The standard InChI is InChI=1S/C6H5FO.3BF4.K.H/c7-5-2-1-3-6(8)4-5;3*2-1(3,4)5;;/h1-4,8H;;;;;/q;3*-1;;. The van der Waals surface area contributed by atoms with Crippen molar-refractivity contribution in [1.29, 1.82) is 0 Å². The third-order valence-corrected chi connectivity index (χ3v) is 0.808. The molecule has 1 nitrogen and oxygen atoms in total. The van der Waals surface area contributed by atoms with Crippen molar-refractivity contribution in [2.24, 2.45) is 0 Å². The molecule has 0 aliphatic heterocycles. The molecule has 0 fully saturated rings. The van der Waals surface area contributed by atoms with Crippen LogP contribution in [0.25, 0.3) is 0 Å². The Labute approximate surface area is 169 Å². The van der Waals surface area contributed by atoms with Crippen LogP contribution in [-0.2, 0) is 0 Å². The van der Waals surface area contributed by atoms with Gasteiger partial charge < -0.3 is 56.9 Å². The fourth-order valence-corrected chi connectivity index (χ4v) is 0.476. The molecule has 0 amide bonds. The number of rotatable bonds is 0. The molecule has 0 aliphatic carbocycles. The Morgan fingerprint density at radius 3 is 1.00 bits per heavy atom. The number of halogens is 13. The molecule has 0 aromatic heterocycles. The summed E-state index contributed by atoms with van der Waals surface area (Å²) in [7, 11) is -18.0. The second-order valence-corrected chi connectivity index (χ2v) is 2.96. The SMILES string of the molecule is F[B-](F)(F)F.F[B-](F)(F)F.F[B-](F)(F)F.Oc1cccc(F)c1.[KH]. The van der Waals surface area contributed by atoms with Crippen molar-refractivity contribution in [3.8, 4) is 5.75 Å². The second kappa shape index (κ2) is 14.1. The molecule has 0 spiro atoms. The maximum atomic E-state index is 12.0. The van der Waals surface area contributed by atoms with Gasteiger partial charge in [0.25, 0.3) is 0 Å². The quantitative estimate of drug-likeness (QED) is 0.480. The van der Waals surface area contributed by atoms with E-state index >= 15 is 0 Å². The summed E-state index contributed by atoms with van der Waals surface area (Å²) in [6.07, 6.45) is 0. The van der Waals surface area contributed by atoms with E-state index in [0.717, 1.165) is 6.07 Å². The predicted molar refractivity (Wildman–Crippen MR) is 65.8 cm³/mol. The van der Waals surface area contributed by atoms with Crippen LogP contribution in [0.2, 0.25) is 0 Å². The van der Waals surface area contributed by atoms with Crippen LogP contribution in [0, 0.1) is 5.82 Å². The first-order valence-corrected chi connectivity index (χ1v) is 4.85. The molecule has 0 radical (unpaired) electrons. The van der Waals surface area contributed by atoms with Gasteiger partial charge in [0.1, 0.15) is 11.6 Å². The Morgan fingerprint density at radius 1 is 0.625 bits per heavy atom. The summed E-state index contributed by atoms with van der Waals surface area (Å²) < 4.78 is 129. The van der Waals surface area contributed by atoms with Gasteiger partial charge in [-0.3, -0.25) is 0 Å². The third kappa shape index (κ3) is 97.4. The van der Waals surface area contributed by atoms with Crippen molar-refractivity contribution < 1.29 is 61.3 Å². The molecular weight excluding hydrogens is 407 g/mol. The Balaban J connectivity index is -0.000000113. The van der Waals surface area contributed by atoms with E-state index in [9.17, 15) is 56.2 Å². The number of phenols is 1. The van der Waals surface area contributed by atoms with Crippen LogP contribution in [0.5, 0.6) is 5.75 Å². The van der Waals surface area contributed by atoms with E-state index in [1.807, 2.05) is 0 Å². The topological polar surface area (TPSA) is 20.2 Å². The van der Waals surface area contributed by atoms with Crippen LogP contribution >= 0.6 is 0 Å². The van der Waals surface area contributed by atoms with E-state index in [0.29, 0.717) is 0 Å². The van der Waals surface area contributed by atoms with Crippen molar-refractivity contribution in [1.82, 2.24) is 0 Å². The van der Waals surface area contributed by atoms with Crippen LogP contribution in [-0.4, -0.2) is 78.3 Å². The average molecular weight is 413 g/mol. The molecule has 24 heavy (non-hydrogen) atoms. The zero-order valence-corrected chi connectivity index (χ0v) is 10.4. The van der Waals surface area contributed by atoms with Gasteiger partial charge in [-0.05, 0) is 12.1 Å². The van der Waals surface area contributed by atoms with Gasteiger partial charge >= 0.3 is 73.1 Å². The van der Waals surface area contributed by atoms with Crippen molar-refractivity contribution >= 4 is 73.1 Å². The molecular formula is C6H6B3F13KO-3. The normalized spacial score (nSPS) is 10.5. The Kier molecular flexibility index (Phi) is 18.7. The number of aromatic hydroxyl groups is 1. The minimum atomic E-state index is -6.00.